The van der Waals surface area contributed by atoms with Crippen molar-refractivity contribution in [2.24, 2.45) is 0 Å². The molecule has 0 aliphatic carbocycles. The molecule has 0 fully saturated rings. The van der Waals surface area contributed by atoms with Gasteiger partial charge in [-0.2, -0.15) is 4.98 Å². The highest BCUT2D eigenvalue weighted by Gasteiger charge is 2.15. The molecule has 0 bridgehead atoms. The first kappa shape index (κ1) is 17.3. The lowest BCUT2D eigenvalue weighted by Crippen LogP contribution is -2.05. The zero-order valence-electron chi connectivity index (χ0n) is 12.9. The molecule has 0 saturated carbocycles. The van der Waals surface area contributed by atoms with Crippen molar-refractivity contribution in [3.8, 4) is 11.7 Å². The van der Waals surface area contributed by atoms with Crippen molar-refractivity contribution in [3.63, 3.8) is 0 Å². The van der Waals surface area contributed by atoms with E-state index in [0.717, 1.165) is 12.1 Å². The number of carbonyl (C=O) groups is 1. The minimum atomic E-state index is -2.96. The molecule has 1 aromatic carbocycles. The molecule has 3 rings (SSSR count). The van der Waals surface area contributed by atoms with E-state index in [0.29, 0.717) is 5.69 Å². The van der Waals surface area contributed by atoms with Crippen LogP contribution in [0.4, 0.5) is 13.2 Å². The van der Waals surface area contributed by atoms with Gasteiger partial charge in [-0.1, -0.05) is 5.21 Å². The van der Waals surface area contributed by atoms with E-state index in [1.165, 1.54) is 29.2 Å². The maximum Gasteiger partial charge on any atom is 0.354 e. The Morgan fingerprint density at radius 3 is 2.85 bits per heavy atom. The van der Waals surface area contributed by atoms with E-state index in [2.05, 4.69) is 20.3 Å². The number of alkyl halides is 2. The van der Waals surface area contributed by atoms with Crippen molar-refractivity contribution >= 4 is 5.97 Å². The molecule has 0 saturated heterocycles. The van der Waals surface area contributed by atoms with Gasteiger partial charge < -0.3 is 9.84 Å². The zero-order valence-corrected chi connectivity index (χ0v) is 12.9. The minimum absolute atomic E-state index is 0.133. The number of hydrogen-bond acceptors (Lipinski definition) is 6. The Kier molecular flexibility index (Phi) is 4.78. The van der Waals surface area contributed by atoms with Gasteiger partial charge in [-0.25, -0.2) is 27.6 Å². The van der Waals surface area contributed by atoms with Crippen molar-refractivity contribution in [2.45, 2.75) is 13.0 Å². The second-order valence-corrected chi connectivity index (χ2v) is 4.98. The largest absolute Gasteiger partial charge is 0.477 e. The van der Waals surface area contributed by atoms with E-state index in [4.69, 9.17) is 9.84 Å². The highest BCUT2D eigenvalue weighted by molar-refractivity contribution is 5.85. The van der Waals surface area contributed by atoms with Crippen LogP contribution in [0.2, 0.25) is 0 Å². The third kappa shape index (κ3) is 3.77. The summed E-state index contributed by atoms with van der Waals surface area (Å²) < 4.78 is 45.3. The molecule has 11 heteroatoms. The van der Waals surface area contributed by atoms with Crippen molar-refractivity contribution in [2.75, 3.05) is 0 Å². The Labute approximate surface area is 143 Å². The van der Waals surface area contributed by atoms with Crippen LogP contribution in [-0.4, -0.2) is 36.0 Å². The number of nitrogens with zero attached hydrogens (tertiary/aromatic N) is 5. The van der Waals surface area contributed by atoms with Gasteiger partial charge in [0.2, 0.25) is 0 Å². The summed E-state index contributed by atoms with van der Waals surface area (Å²) in [5, 5.41) is 16.4. The summed E-state index contributed by atoms with van der Waals surface area (Å²) in [4.78, 5) is 18.3. The molecular weight excluding hydrogens is 355 g/mol. The van der Waals surface area contributed by atoms with E-state index in [1.54, 1.807) is 0 Å². The number of carboxylic acid groups (broad SMARTS) is 1. The fourth-order valence-corrected chi connectivity index (χ4v) is 2.00. The summed E-state index contributed by atoms with van der Waals surface area (Å²) in [5.74, 6) is -2.24. The maximum atomic E-state index is 13.3. The predicted octanol–water partition coefficient (Wildman–Crippen LogP) is 2.41. The fraction of sp³-hybridized carbons (Fsp3) is 0.133. The van der Waals surface area contributed by atoms with Crippen LogP contribution in [0.25, 0.3) is 5.69 Å². The van der Waals surface area contributed by atoms with Crippen LogP contribution in [0.5, 0.6) is 6.01 Å². The first-order chi connectivity index (χ1) is 12.4. The molecule has 0 unspecified atom stereocenters. The third-order valence-corrected chi connectivity index (χ3v) is 3.22. The Morgan fingerprint density at radius 1 is 1.31 bits per heavy atom. The summed E-state index contributed by atoms with van der Waals surface area (Å²) in [5.41, 5.74) is -0.471. The molecule has 134 valence electrons. The van der Waals surface area contributed by atoms with Gasteiger partial charge in [0.1, 0.15) is 18.1 Å². The molecule has 2 heterocycles. The second kappa shape index (κ2) is 7.17. The van der Waals surface area contributed by atoms with Gasteiger partial charge in [-0.05, 0) is 24.3 Å². The highest BCUT2D eigenvalue weighted by Crippen LogP contribution is 2.24. The number of rotatable bonds is 6. The van der Waals surface area contributed by atoms with Gasteiger partial charge in [0.15, 0.2) is 5.69 Å². The first-order valence-corrected chi connectivity index (χ1v) is 7.12. The van der Waals surface area contributed by atoms with Crippen LogP contribution < -0.4 is 4.74 Å². The SMILES string of the molecule is O=C(O)c1ccnc(OCc2cn(-c3ccc(F)c(C(F)F)c3)nn2)n1. The molecule has 3 aromatic rings. The van der Waals surface area contributed by atoms with Crippen LogP contribution in [0.3, 0.4) is 0 Å². The average molecular weight is 365 g/mol. The molecule has 0 aliphatic rings. The molecule has 2 aromatic heterocycles. The van der Waals surface area contributed by atoms with Gasteiger partial charge in [0.05, 0.1) is 17.4 Å². The molecule has 26 heavy (non-hydrogen) atoms. The molecule has 0 spiro atoms. The summed E-state index contributed by atoms with van der Waals surface area (Å²) in [6.45, 7) is -0.133. The summed E-state index contributed by atoms with van der Waals surface area (Å²) in [6, 6.07) is 4.21. The van der Waals surface area contributed by atoms with Gasteiger partial charge in [0, 0.05) is 6.20 Å². The van der Waals surface area contributed by atoms with Gasteiger partial charge >= 0.3 is 12.0 Å². The van der Waals surface area contributed by atoms with Gasteiger partial charge in [-0.3, -0.25) is 0 Å². The number of ether oxygens (including phenoxy) is 1. The molecule has 0 atom stereocenters. The van der Waals surface area contributed by atoms with Crippen LogP contribution in [0.1, 0.15) is 28.2 Å². The third-order valence-electron chi connectivity index (χ3n) is 3.22. The predicted molar refractivity (Wildman–Crippen MR) is 79.6 cm³/mol. The highest BCUT2D eigenvalue weighted by atomic mass is 19.3. The summed E-state index contributed by atoms with van der Waals surface area (Å²) in [7, 11) is 0. The molecule has 0 aliphatic heterocycles. The maximum absolute atomic E-state index is 13.3. The molecule has 8 nitrogen and oxygen atoms in total. The number of aromatic carboxylic acids is 1. The normalized spacial score (nSPS) is 10.9. The Hall–Kier alpha value is -3.50. The fourth-order valence-electron chi connectivity index (χ4n) is 2.00. The lowest BCUT2D eigenvalue weighted by atomic mass is 10.2. The smallest absolute Gasteiger partial charge is 0.354 e. The van der Waals surface area contributed by atoms with Crippen molar-refractivity contribution < 1.29 is 27.8 Å². The van der Waals surface area contributed by atoms with E-state index in [-0.39, 0.29) is 24.0 Å². The lowest BCUT2D eigenvalue weighted by molar-refractivity contribution is 0.0688. The van der Waals surface area contributed by atoms with E-state index in [1.807, 2.05) is 0 Å². The quantitative estimate of drug-likeness (QED) is 0.715. The van der Waals surface area contributed by atoms with Crippen molar-refractivity contribution in [1.29, 1.82) is 0 Å². The second-order valence-electron chi connectivity index (χ2n) is 4.98. The van der Waals surface area contributed by atoms with E-state index >= 15 is 0 Å². The van der Waals surface area contributed by atoms with Crippen molar-refractivity contribution in [3.05, 3.63) is 59.4 Å². The zero-order chi connectivity index (χ0) is 18.7. The van der Waals surface area contributed by atoms with Crippen LogP contribution in [0, 0.1) is 5.82 Å². The molecule has 0 radical (unpaired) electrons. The lowest BCUT2D eigenvalue weighted by Gasteiger charge is -2.05. The number of carboxylic acids is 1. The number of hydrogen-bond donors (Lipinski definition) is 1. The number of halogens is 3. The first-order valence-electron chi connectivity index (χ1n) is 7.12. The van der Waals surface area contributed by atoms with Crippen LogP contribution in [0.15, 0.2) is 36.7 Å². The number of benzene rings is 1. The molecule has 1 N–H and O–H groups in total. The van der Waals surface area contributed by atoms with Crippen LogP contribution >= 0.6 is 0 Å². The van der Waals surface area contributed by atoms with Crippen molar-refractivity contribution in [1.82, 2.24) is 25.0 Å². The van der Waals surface area contributed by atoms with Gasteiger partial charge in [-0.15, -0.1) is 5.10 Å². The summed E-state index contributed by atoms with van der Waals surface area (Å²) >= 11 is 0. The molecular formula is C15H10F3N5O3. The Morgan fingerprint density at radius 2 is 2.12 bits per heavy atom. The minimum Gasteiger partial charge on any atom is -0.477 e. The standard InChI is InChI=1S/C15H10F3N5O3/c16-11-2-1-9(5-10(11)13(17)18)23-6-8(21-22-23)7-26-15-19-4-3-12(20-15)14(24)25/h1-6,13H,7H2,(H,24,25). The monoisotopic (exact) mass is 365 g/mol. The van der Waals surface area contributed by atoms with E-state index < -0.39 is 23.8 Å². The van der Waals surface area contributed by atoms with E-state index in [9.17, 15) is 18.0 Å². The number of aromatic nitrogens is 5. The van der Waals surface area contributed by atoms with Gasteiger partial charge in [0.25, 0.3) is 6.43 Å². The summed E-state index contributed by atoms with van der Waals surface area (Å²) in [6.07, 6.45) is -0.337. The Balaban J connectivity index is 1.73. The Bertz CT molecular complexity index is 948. The molecule has 0 amide bonds. The topological polar surface area (TPSA) is 103 Å². The average Bonchev–Trinajstić information content (AvgIpc) is 3.09. The van der Waals surface area contributed by atoms with Crippen LogP contribution in [-0.2, 0) is 6.61 Å².